The SMILES string of the molecule is Cc1noc(C2CN(C(=O)C=Cc3ccc4c(c3)OCO4)C2)n1. The van der Waals surface area contributed by atoms with E-state index in [4.69, 9.17) is 14.0 Å². The van der Waals surface area contributed by atoms with Crippen molar-refractivity contribution < 1.29 is 18.8 Å². The Morgan fingerprint density at radius 1 is 1.30 bits per heavy atom. The predicted octanol–water partition coefficient (Wildman–Crippen LogP) is 1.75. The van der Waals surface area contributed by atoms with Crippen molar-refractivity contribution in [1.29, 1.82) is 0 Å². The number of aromatic nitrogens is 2. The van der Waals surface area contributed by atoms with Gasteiger partial charge in [-0.15, -0.1) is 0 Å². The van der Waals surface area contributed by atoms with Gasteiger partial charge in [-0.3, -0.25) is 4.79 Å². The highest BCUT2D eigenvalue weighted by Crippen LogP contribution is 2.33. The Balaban J connectivity index is 1.35. The number of hydrogen-bond acceptors (Lipinski definition) is 6. The Morgan fingerprint density at radius 3 is 2.91 bits per heavy atom. The van der Waals surface area contributed by atoms with E-state index >= 15 is 0 Å². The maximum Gasteiger partial charge on any atom is 0.246 e. The highest BCUT2D eigenvalue weighted by Gasteiger charge is 2.34. The average Bonchev–Trinajstić information content (AvgIpc) is 3.12. The highest BCUT2D eigenvalue weighted by molar-refractivity contribution is 5.92. The molecule has 118 valence electrons. The summed E-state index contributed by atoms with van der Waals surface area (Å²) in [7, 11) is 0. The molecular formula is C16H15N3O4. The summed E-state index contributed by atoms with van der Waals surface area (Å²) in [5, 5.41) is 3.77. The molecule has 0 aliphatic carbocycles. The third-order valence-electron chi connectivity index (χ3n) is 3.90. The summed E-state index contributed by atoms with van der Waals surface area (Å²) in [5.41, 5.74) is 0.896. The molecule has 2 aliphatic heterocycles. The van der Waals surface area contributed by atoms with Crippen LogP contribution in [0.25, 0.3) is 6.08 Å². The first-order valence-corrected chi connectivity index (χ1v) is 7.36. The Morgan fingerprint density at radius 2 is 2.13 bits per heavy atom. The van der Waals surface area contributed by atoms with Gasteiger partial charge in [0.05, 0.1) is 5.92 Å². The number of nitrogens with zero attached hydrogens (tertiary/aromatic N) is 3. The summed E-state index contributed by atoms with van der Waals surface area (Å²) >= 11 is 0. The van der Waals surface area contributed by atoms with Crippen LogP contribution in [0, 0.1) is 6.92 Å². The number of likely N-dealkylation sites (tertiary alicyclic amines) is 1. The molecule has 2 aromatic rings. The molecule has 1 aromatic heterocycles. The summed E-state index contributed by atoms with van der Waals surface area (Å²) in [6.07, 6.45) is 3.33. The van der Waals surface area contributed by atoms with Crippen LogP contribution in [-0.2, 0) is 4.79 Å². The van der Waals surface area contributed by atoms with Gasteiger partial charge in [0.2, 0.25) is 18.6 Å². The van der Waals surface area contributed by atoms with Crippen LogP contribution in [0.2, 0.25) is 0 Å². The molecule has 23 heavy (non-hydrogen) atoms. The maximum atomic E-state index is 12.1. The smallest absolute Gasteiger partial charge is 0.246 e. The fourth-order valence-corrected chi connectivity index (χ4v) is 2.58. The van der Waals surface area contributed by atoms with Gasteiger partial charge in [-0.05, 0) is 30.7 Å². The molecule has 4 rings (SSSR count). The molecule has 1 amide bonds. The Kier molecular flexibility index (Phi) is 3.25. The van der Waals surface area contributed by atoms with Gasteiger partial charge in [-0.1, -0.05) is 11.2 Å². The lowest BCUT2D eigenvalue weighted by Crippen LogP contribution is -2.47. The van der Waals surface area contributed by atoms with Gasteiger partial charge in [0.15, 0.2) is 17.3 Å². The molecule has 7 heteroatoms. The summed E-state index contributed by atoms with van der Waals surface area (Å²) in [4.78, 5) is 18.1. The van der Waals surface area contributed by atoms with Crippen molar-refractivity contribution in [3.05, 3.63) is 41.6 Å². The summed E-state index contributed by atoms with van der Waals surface area (Å²) in [6, 6.07) is 5.58. The minimum Gasteiger partial charge on any atom is -0.454 e. The lowest BCUT2D eigenvalue weighted by molar-refractivity contribution is -0.130. The van der Waals surface area contributed by atoms with Gasteiger partial charge in [-0.2, -0.15) is 4.98 Å². The third-order valence-corrected chi connectivity index (χ3v) is 3.90. The number of amides is 1. The van der Waals surface area contributed by atoms with E-state index in [0.717, 1.165) is 11.3 Å². The summed E-state index contributed by atoms with van der Waals surface area (Å²) < 4.78 is 15.7. The molecule has 1 aromatic carbocycles. The third kappa shape index (κ3) is 2.65. The number of hydrogen-bond donors (Lipinski definition) is 0. The van der Waals surface area contributed by atoms with Crippen LogP contribution in [0.4, 0.5) is 0 Å². The number of carbonyl (C=O) groups is 1. The van der Waals surface area contributed by atoms with Crippen LogP contribution in [0.5, 0.6) is 11.5 Å². The van der Waals surface area contributed by atoms with Crippen LogP contribution < -0.4 is 9.47 Å². The Bertz CT molecular complexity index is 777. The second-order valence-corrected chi connectivity index (χ2v) is 5.57. The van der Waals surface area contributed by atoms with E-state index in [1.807, 2.05) is 18.2 Å². The molecule has 0 atom stereocenters. The zero-order chi connectivity index (χ0) is 15.8. The molecular weight excluding hydrogens is 298 g/mol. The molecule has 1 fully saturated rings. The number of carbonyl (C=O) groups excluding carboxylic acids is 1. The molecule has 1 saturated heterocycles. The number of fused-ring (bicyclic) bond motifs is 1. The lowest BCUT2D eigenvalue weighted by Gasteiger charge is -2.36. The van der Waals surface area contributed by atoms with Gasteiger partial charge in [0, 0.05) is 19.2 Å². The van der Waals surface area contributed by atoms with E-state index in [2.05, 4.69) is 10.1 Å². The van der Waals surface area contributed by atoms with Gasteiger partial charge in [-0.25, -0.2) is 0 Å². The first-order chi connectivity index (χ1) is 11.2. The summed E-state index contributed by atoms with van der Waals surface area (Å²) in [6.45, 7) is 3.23. The molecule has 7 nitrogen and oxygen atoms in total. The highest BCUT2D eigenvalue weighted by atomic mass is 16.7. The van der Waals surface area contributed by atoms with E-state index in [1.165, 1.54) is 0 Å². The second kappa shape index (κ2) is 5.42. The largest absolute Gasteiger partial charge is 0.454 e. The fraction of sp³-hybridized carbons (Fsp3) is 0.312. The van der Waals surface area contributed by atoms with E-state index in [-0.39, 0.29) is 18.6 Å². The average molecular weight is 313 g/mol. The van der Waals surface area contributed by atoms with Crippen LogP contribution in [0.1, 0.15) is 23.2 Å². The predicted molar refractivity (Wildman–Crippen MR) is 80.0 cm³/mol. The quantitative estimate of drug-likeness (QED) is 0.803. The van der Waals surface area contributed by atoms with Crippen molar-refractivity contribution in [3.8, 4) is 11.5 Å². The van der Waals surface area contributed by atoms with Crippen LogP contribution >= 0.6 is 0 Å². The Hall–Kier alpha value is -2.83. The molecule has 0 spiro atoms. The van der Waals surface area contributed by atoms with Gasteiger partial charge in [0.25, 0.3) is 0 Å². The number of aryl methyl sites for hydroxylation is 1. The maximum absolute atomic E-state index is 12.1. The minimum absolute atomic E-state index is 0.0323. The van der Waals surface area contributed by atoms with Crippen molar-refractivity contribution in [2.24, 2.45) is 0 Å². The van der Waals surface area contributed by atoms with Crippen molar-refractivity contribution in [2.75, 3.05) is 19.9 Å². The van der Waals surface area contributed by atoms with Gasteiger partial charge >= 0.3 is 0 Å². The molecule has 0 unspecified atom stereocenters. The first-order valence-electron chi connectivity index (χ1n) is 7.36. The molecule has 0 saturated carbocycles. The number of rotatable bonds is 3. The molecule has 0 radical (unpaired) electrons. The van der Waals surface area contributed by atoms with Crippen molar-refractivity contribution in [3.63, 3.8) is 0 Å². The van der Waals surface area contributed by atoms with Gasteiger partial charge < -0.3 is 18.9 Å². The zero-order valence-electron chi connectivity index (χ0n) is 12.6. The van der Waals surface area contributed by atoms with E-state index in [1.54, 1.807) is 24.0 Å². The number of benzene rings is 1. The van der Waals surface area contributed by atoms with Crippen molar-refractivity contribution in [1.82, 2.24) is 15.0 Å². The monoisotopic (exact) mass is 313 g/mol. The van der Waals surface area contributed by atoms with Crippen LogP contribution in [0.15, 0.2) is 28.8 Å². The minimum atomic E-state index is -0.0323. The van der Waals surface area contributed by atoms with E-state index < -0.39 is 0 Å². The lowest BCUT2D eigenvalue weighted by atomic mass is 10.00. The van der Waals surface area contributed by atoms with Crippen molar-refractivity contribution in [2.45, 2.75) is 12.8 Å². The topological polar surface area (TPSA) is 77.7 Å². The van der Waals surface area contributed by atoms with Gasteiger partial charge in [0.1, 0.15) is 0 Å². The van der Waals surface area contributed by atoms with Crippen LogP contribution in [-0.4, -0.2) is 40.8 Å². The van der Waals surface area contributed by atoms with E-state index in [0.29, 0.717) is 30.6 Å². The number of ether oxygens (including phenoxy) is 2. The molecule has 3 heterocycles. The Labute approximate surface area is 132 Å². The van der Waals surface area contributed by atoms with Crippen LogP contribution in [0.3, 0.4) is 0 Å². The van der Waals surface area contributed by atoms with E-state index in [9.17, 15) is 4.79 Å². The first kappa shape index (κ1) is 13.8. The zero-order valence-corrected chi connectivity index (χ0v) is 12.6. The van der Waals surface area contributed by atoms with Crippen molar-refractivity contribution >= 4 is 12.0 Å². The molecule has 0 N–H and O–H groups in total. The second-order valence-electron chi connectivity index (χ2n) is 5.57. The standard InChI is InChI=1S/C16H15N3O4/c1-10-17-16(23-18-10)12-7-19(8-12)15(20)5-3-11-2-4-13-14(6-11)22-9-21-13/h2-6,12H,7-9H2,1H3. The normalized spacial score (nSPS) is 16.8. The fourth-order valence-electron chi connectivity index (χ4n) is 2.58. The summed E-state index contributed by atoms with van der Waals surface area (Å²) in [5.74, 6) is 2.76. The molecule has 0 bridgehead atoms. The molecule has 2 aliphatic rings.